The molecule has 6 atom stereocenters. The van der Waals surface area contributed by atoms with Crippen molar-refractivity contribution in [3.8, 4) is 34.5 Å². The number of rotatable bonds is 13. The lowest BCUT2D eigenvalue weighted by atomic mass is 9.72. The molecule has 2 aliphatic heterocycles. The number of amides is 2. The van der Waals surface area contributed by atoms with Gasteiger partial charge in [0.2, 0.25) is 0 Å². The molecule has 3 saturated carbocycles. The van der Waals surface area contributed by atoms with Crippen molar-refractivity contribution in [2.45, 2.75) is 102 Å². The van der Waals surface area contributed by atoms with E-state index < -0.39 is 12.3 Å². The first-order valence-electron chi connectivity index (χ1n) is 25.9. The average molecular weight is 989 g/mol. The normalized spacial score (nSPS) is 25.3. The number of pyridine rings is 2. The van der Waals surface area contributed by atoms with Crippen LogP contribution in [0.4, 0.5) is 10.2 Å². The first-order valence-corrected chi connectivity index (χ1v) is 25.9. The highest BCUT2D eigenvalue weighted by Gasteiger charge is 2.50. The maximum atomic E-state index is 14.6. The molecule has 2 aromatic carbocycles. The molecule has 0 radical (unpaired) electrons. The molecule has 3 aliphatic carbocycles. The third kappa shape index (κ3) is 7.13. The Labute approximate surface area is 421 Å². The number of aryl methyl sites for hydroxylation is 3. The lowest BCUT2D eigenvalue weighted by Gasteiger charge is -2.41. The number of hydrogen-bond acceptors (Lipinski definition) is 11. The number of likely N-dealkylation sites (tertiary alicyclic amines) is 2. The maximum Gasteiger partial charge on any atom is 0.254 e. The molecule has 4 bridgehead atoms. The number of nitrogens with two attached hydrogens (primary N) is 1. The molecule has 8 heterocycles. The highest BCUT2D eigenvalue weighted by Crippen LogP contribution is 2.45. The number of hydrogen-bond donors (Lipinski definition) is 3. The van der Waals surface area contributed by atoms with Gasteiger partial charge in [0.1, 0.15) is 46.3 Å². The second-order valence-corrected chi connectivity index (χ2v) is 21.5. The van der Waals surface area contributed by atoms with Gasteiger partial charge in [-0.05, 0) is 131 Å². The van der Waals surface area contributed by atoms with E-state index in [-0.39, 0.29) is 54.4 Å². The summed E-state index contributed by atoms with van der Waals surface area (Å²) in [7, 11) is 5.15. The van der Waals surface area contributed by atoms with E-state index in [2.05, 4.69) is 38.5 Å². The van der Waals surface area contributed by atoms with Crippen molar-refractivity contribution in [3.05, 3.63) is 78.0 Å². The molecule has 378 valence electrons. The van der Waals surface area contributed by atoms with Crippen LogP contribution in [0.2, 0.25) is 0 Å². The quantitative estimate of drug-likeness (QED) is 0.104. The van der Waals surface area contributed by atoms with Crippen LogP contribution < -0.4 is 20.5 Å². The Balaban J connectivity index is 0.801. The van der Waals surface area contributed by atoms with Crippen LogP contribution in [0.25, 0.3) is 67.2 Å². The second kappa shape index (κ2) is 17.0. The van der Waals surface area contributed by atoms with E-state index in [0.29, 0.717) is 90.1 Å². The van der Waals surface area contributed by atoms with Crippen molar-refractivity contribution in [2.24, 2.45) is 30.5 Å². The van der Waals surface area contributed by atoms with Gasteiger partial charge in [-0.3, -0.25) is 9.59 Å². The third-order valence-corrected chi connectivity index (χ3v) is 17.1. The van der Waals surface area contributed by atoms with Crippen molar-refractivity contribution in [2.75, 3.05) is 39.3 Å². The number of aliphatic hydroxyl groups is 1. The summed E-state index contributed by atoms with van der Waals surface area (Å²) >= 11 is 0. The number of methoxy groups -OCH3 is 2. The summed E-state index contributed by atoms with van der Waals surface area (Å²) in [4.78, 5) is 52.9. The number of imidazole rings is 2. The van der Waals surface area contributed by atoms with Gasteiger partial charge in [0.25, 0.3) is 11.8 Å². The fourth-order valence-corrected chi connectivity index (χ4v) is 13.8. The van der Waals surface area contributed by atoms with Crippen molar-refractivity contribution in [1.82, 2.24) is 48.0 Å². The zero-order chi connectivity index (χ0) is 50.2. The number of piperidine rings is 2. The Bertz CT molecular complexity index is 3550. The zero-order valence-corrected chi connectivity index (χ0v) is 41.9. The SMILES string of the molecule is CCn1c(-c2nc3cc(C(=O)N4C[C@H]5CC[C@@H]4[C@@H]5N)cc(OC)c3n2C[C@H]2C[C@@](C)(O)C2)cc2ccc(N[C@H]3[C@H]4CC[C@@H]3N(C(=O)c3cc(OC)c5c(c3)nc(-c3cc6cccnc6n3CCF)n5C)C4)nc21. The summed E-state index contributed by atoms with van der Waals surface area (Å²) < 4.78 is 34.1. The van der Waals surface area contributed by atoms with Crippen LogP contribution >= 0.6 is 0 Å². The van der Waals surface area contributed by atoms with E-state index in [1.165, 1.54) is 0 Å². The number of benzene rings is 2. The van der Waals surface area contributed by atoms with Gasteiger partial charge in [0.05, 0.1) is 60.9 Å². The molecule has 0 unspecified atom stereocenters. The number of nitrogens with zero attached hydrogens (tertiary/aromatic N) is 10. The van der Waals surface area contributed by atoms with Crippen LogP contribution in [-0.4, -0.2) is 129 Å². The number of alkyl halides is 1. The molecular formula is C55H61FN12O5. The standard InChI is InChI=1S/C55H61FN12O5/c1-6-64-41(52-60-37-19-35(53(69)66-27-32-9-12-38(66)45(32)57)23-43(73-5)48(37)68(52)26-29-24-55(2,71)25-29)21-31-11-14-44(62-50(31)64)61-46-33-10-13-39(46)67(28-33)54(70)34-18-36-47(42(22-34)72-4)63(3)51(59-36)40-20-30-8-7-16-58-49(30)65(40)17-15-56/h7-8,11,14,16,18-23,29,32-33,38-39,45-46,71H,6,9-10,12-13,15,17,24-28,57H2,1-5H3,(H,61,62)/t29-,32-,33+,38-,39+,45-,46+,55+/m1/s1. The number of ether oxygens (including phenoxy) is 2. The Morgan fingerprint density at radius 2 is 1.44 bits per heavy atom. The number of nitrogens with one attached hydrogen (secondary N) is 1. The Kier molecular flexibility index (Phi) is 10.7. The summed E-state index contributed by atoms with van der Waals surface area (Å²) in [6, 6.07) is 19.5. The van der Waals surface area contributed by atoms with Crippen LogP contribution in [0, 0.1) is 17.8 Å². The first kappa shape index (κ1) is 45.8. The number of anilines is 1. The van der Waals surface area contributed by atoms with E-state index in [1.807, 2.05) is 81.4 Å². The zero-order valence-electron chi connectivity index (χ0n) is 41.9. The molecule has 2 amide bonds. The van der Waals surface area contributed by atoms with E-state index >= 15 is 0 Å². The fraction of sp³-hybridized carbons (Fsp3) is 0.455. The molecular weight excluding hydrogens is 928 g/mol. The fourth-order valence-electron chi connectivity index (χ4n) is 13.8. The van der Waals surface area contributed by atoms with Crippen LogP contribution in [0.15, 0.2) is 66.9 Å². The summed E-state index contributed by atoms with van der Waals surface area (Å²) in [6.45, 7) is 6.10. The largest absolute Gasteiger partial charge is 0.494 e. The van der Waals surface area contributed by atoms with Gasteiger partial charge >= 0.3 is 0 Å². The van der Waals surface area contributed by atoms with Gasteiger partial charge < -0.3 is 53.7 Å². The number of halogens is 1. The second-order valence-electron chi connectivity index (χ2n) is 21.5. The minimum atomic E-state index is -0.705. The number of aromatic nitrogens is 8. The van der Waals surface area contributed by atoms with Crippen LogP contribution in [0.1, 0.15) is 73.1 Å². The van der Waals surface area contributed by atoms with Gasteiger partial charge in [0.15, 0.2) is 11.6 Å². The van der Waals surface area contributed by atoms with Crippen LogP contribution in [0.5, 0.6) is 11.5 Å². The monoisotopic (exact) mass is 988 g/mol. The van der Waals surface area contributed by atoms with Crippen molar-refractivity contribution < 1.29 is 28.6 Å². The van der Waals surface area contributed by atoms with E-state index in [1.54, 1.807) is 20.4 Å². The molecule has 8 aromatic rings. The van der Waals surface area contributed by atoms with E-state index in [4.69, 9.17) is 30.2 Å². The molecule has 0 spiro atoms. The minimum absolute atomic E-state index is 0.00347. The van der Waals surface area contributed by atoms with Gasteiger partial charge in [-0.25, -0.2) is 24.3 Å². The topological polar surface area (TPSA) is 189 Å². The number of carbonyl (C=O) groups is 2. The Hall–Kier alpha value is -7.05. The number of fused-ring (bicyclic) bond motifs is 8. The lowest BCUT2D eigenvalue weighted by Crippen LogP contribution is -2.42. The van der Waals surface area contributed by atoms with Crippen molar-refractivity contribution in [3.63, 3.8) is 0 Å². The molecule has 5 aliphatic rings. The van der Waals surface area contributed by atoms with E-state index in [0.717, 1.165) is 76.2 Å². The number of carbonyl (C=O) groups excluding carboxylic acids is 2. The Morgan fingerprint density at radius 3 is 2.11 bits per heavy atom. The molecule has 6 aromatic heterocycles. The molecule has 5 fully saturated rings. The van der Waals surface area contributed by atoms with Crippen LogP contribution in [-0.2, 0) is 26.7 Å². The molecule has 2 saturated heterocycles. The van der Waals surface area contributed by atoms with Gasteiger partial charge in [-0.1, -0.05) is 0 Å². The van der Waals surface area contributed by atoms with Crippen LogP contribution in [0.3, 0.4) is 0 Å². The molecule has 13 rings (SSSR count). The van der Waals surface area contributed by atoms with E-state index in [9.17, 15) is 19.1 Å². The summed E-state index contributed by atoms with van der Waals surface area (Å²) in [5.41, 5.74) is 12.8. The summed E-state index contributed by atoms with van der Waals surface area (Å²) in [5, 5.41) is 16.4. The average Bonchev–Trinajstić information content (AvgIpc) is 4.30. The van der Waals surface area contributed by atoms with Gasteiger partial charge in [-0.15, -0.1) is 0 Å². The van der Waals surface area contributed by atoms with Gasteiger partial charge in [0, 0.05) is 73.4 Å². The summed E-state index contributed by atoms with van der Waals surface area (Å²) in [5.74, 6) is 3.88. The smallest absolute Gasteiger partial charge is 0.254 e. The third-order valence-electron chi connectivity index (χ3n) is 17.1. The molecule has 4 N–H and O–H groups in total. The summed E-state index contributed by atoms with van der Waals surface area (Å²) in [6.07, 6.45) is 6.89. The lowest BCUT2D eigenvalue weighted by molar-refractivity contribution is -0.0613. The van der Waals surface area contributed by atoms with Crippen molar-refractivity contribution >= 4 is 61.8 Å². The predicted molar refractivity (Wildman–Crippen MR) is 276 cm³/mol. The Morgan fingerprint density at radius 1 is 0.795 bits per heavy atom. The van der Waals surface area contributed by atoms with Gasteiger partial charge in [-0.2, -0.15) is 0 Å². The van der Waals surface area contributed by atoms with Crippen molar-refractivity contribution in [1.29, 1.82) is 0 Å². The molecule has 18 heteroatoms. The minimum Gasteiger partial charge on any atom is -0.494 e. The highest BCUT2D eigenvalue weighted by molar-refractivity contribution is 6.02. The first-order chi connectivity index (χ1) is 35.3. The maximum absolute atomic E-state index is 14.6. The molecule has 17 nitrogen and oxygen atoms in total. The highest BCUT2D eigenvalue weighted by atomic mass is 19.1. The predicted octanol–water partition coefficient (Wildman–Crippen LogP) is 7.40. The molecule has 73 heavy (non-hydrogen) atoms.